The summed E-state index contributed by atoms with van der Waals surface area (Å²) < 4.78 is 41.5. The van der Waals surface area contributed by atoms with Gasteiger partial charge in [0.15, 0.2) is 11.5 Å². The van der Waals surface area contributed by atoms with Gasteiger partial charge in [-0.05, 0) is 12.1 Å². The Hall–Kier alpha value is -1.88. The summed E-state index contributed by atoms with van der Waals surface area (Å²) in [4.78, 5) is 14.5. The van der Waals surface area contributed by atoms with Gasteiger partial charge in [-0.3, -0.25) is 9.69 Å². The van der Waals surface area contributed by atoms with Crippen LogP contribution in [0.1, 0.15) is 0 Å². The molecule has 1 aromatic carbocycles. The van der Waals surface area contributed by atoms with E-state index in [1.54, 1.807) is 18.2 Å². The molecule has 0 aliphatic carbocycles. The number of morpholine rings is 1. The highest BCUT2D eigenvalue weighted by molar-refractivity contribution is 7.88. The van der Waals surface area contributed by atoms with E-state index in [1.807, 2.05) is 0 Å². The maximum absolute atomic E-state index is 12.4. The first-order valence-electron chi connectivity index (χ1n) is 8.86. The van der Waals surface area contributed by atoms with Crippen molar-refractivity contribution in [3.05, 3.63) is 18.2 Å². The zero-order valence-corrected chi connectivity index (χ0v) is 16.2. The molecule has 0 aromatic heterocycles. The summed E-state index contributed by atoms with van der Waals surface area (Å²) in [5.74, 6) is 0.785. The first-order chi connectivity index (χ1) is 12.9. The standard InChI is InChI=1S/C17H25N3O6S/c1-27(22,23)20(5-4-19-6-8-24-9-7-19)13-17(21)18-14-2-3-15-16(12-14)26-11-10-25-15/h2-3,12H,4-11,13H2,1H3,(H,18,21). The smallest absolute Gasteiger partial charge is 0.239 e. The van der Waals surface area contributed by atoms with Crippen LogP contribution in [0.2, 0.25) is 0 Å². The predicted molar refractivity (Wildman–Crippen MR) is 99.7 cm³/mol. The molecule has 27 heavy (non-hydrogen) atoms. The molecular weight excluding hydrogens is 374 g/mol. The van der Waals surface area contributed by atoms with Gasteiger partial charge in [-0.2, -0.15) is 4.31 Å². The van der Waals surface area contributed by atoms with Crippen molar-refractivity contribution in [3.63, 3.8) is 0 Å². The third kappa shape index (κ3) is 5.80. The molecular formula is C17H25N3O6S. The number of benzene rings is 1. The summed E-state index contributed by atoms with van der Waals surface area (Å²) in [5.41, 5.74) is 0.533. The summed E-state index contributed by atoms with van der Waals surface area (Å²) in [6.45, 7) is 4.34. The molecule has 2 heterocycles. The number of nitrogens with zero attached hydrogens (tertiary/aromatic N) is 2. The highest BCUT2D eigenvalue weighted by Gasteiger charge is 2.22. The number of carbonyl (C=O) groups excluding carboxylic acids is 1. The monoisotopic (exact) mass is 399 g/mol. The van der Waals surface area contributed by atoms with E-state index in [0.29, 0.717) is 50.2 Å². The van der Waals surface area contributed by atoms with Crippen LogP contribution in [-0.2, 0) is 19.6 Å². The maximum atomic E-state index is 12.4. The number of sulfonamides is 1. The fourth-order valence-electron chi connectivity index (χ4n) is 2.92. The second-order valence-electron chi connectivity index (χ2n) is 6.46. The van der Waals surface area contributed by atoms with Gasteiger partial charge in [-0.15, -0.1) is 0 Å². The van der Waals surface area contributed by atoms with Crippen LogP contribution in [0.4, 0.5) is 5.69 Å². The molecule has 9 nitrogen and oxygen atoms in total. The molecule has 1 saturated heterocycles. The number of fused-ring (bicyclic) bond motifs is 1. The van der Waals surface area contributed by atoms with Gasteiger partial charge in [0, 0.05) is 37.9 Å². The first-order valence-corrected chi connectivity index (χ1v) is 10.7. The number of hydrogen-bond donors (Lipinski definition) is 1. The van der Waals surface area contributed by atoms with Gasteiger partial charge in [-0.1, -0.05) is 0 Å². The molecule has 10 heteroatoms. The number of ether oxygens (including phenoxy) is 3. The Morgan fingerprint density at radius 2 is 1.85 bits per heavy atom. The van der Waals surface area contributed by atoms with E-state index in [9.17, 15) is 13.2 Å². The zero-order valence-electron chi connectivity index (χ0n) is 15.3. The molecule has 0 radical (unpaired) electrons. The van der Waals surface area contributed by atoms with Crippen molar-refractivity contribution in [3.8, 4) is 11.5 Å². The van der Waals surface area contributed by atoms with E-state index >= 15 is 0 Å². The van der Waals surface area contributed by atoms with Crippen LogP contribution in [0.25, 0.3) is 0 Å². The van der Waals surface area contributed by atoms with E-state index in [-0.39, 0.29) is 13.1 Å². The lowest BCUT2D eigenvalue weighted by molar-refractivity contribution is -0.116. The minimum Gasteiger partial charge on any atom is -0.486 e. The molecule has 2 aliphatic heterocycles. The zero-order chi connectivity index (χ0) is 19.3. The van der Waals surface area contributed by atoms with E-state index in [2.05, 4.69) is 10.2 Å². The molecule has 150 valence electrons. The normalized spacial score (nSPS) is 17.7. The SMILES string of the molecule is CS(=O)(=O)N(CCN1CCOCC1)CC(=O)Nc1ccc2c(c1)OCCO2. The van der Waals surface area contributed by atoms with Crippen LogP contribution in [0.5, 0.6) is 11.5 Å². The van der Waals surface area contributed by atoms with Gasteiger partial charge in [-0.25, -0.2) is 8.42 Å². The Labute approximate surface area is 159 Å². The lowest BCUT2D eigenvalue weighted by Crippen LogP contribution is -2.45. The molecule has 0 unspecified atom stereocenters. The lowest BCUT2D eigenvalue weighted by atomic mass is 10.2. The van der Waals surface area contributed by atoms with Crippen molar-refractivity contribution >= 4 is 21.6 Å². The van der Waals surface area contributed by atoms with Crippen LogP contribution in [0.3, 0.4) is 0 Å². The van der Waals surface area contributed by atoms with Crippen molar-refractivity contribution in [1.29, 1.82) is 0 Å². The van der Waals surface area contributed by atoms with E-state index < -0.39 is 15.9 Å². The minimum atomic E-state index is -3.50. The second-order valence-corrected chi connectivity index (χ2v) is 8.44. The van der Waals surface area contributed by atoms with Crippen LogP contribution in [-0.4, -0.2) is 88.9 Å². The number of nitrogens with one attached hydrogen (secondary N) is 1. The summed E-state index contributed by atoms with van der Waals surface area (Å²) in [7, 11) is -3.50. The van der Waals surface area contributed by atoms with Crippen molar-refractivity contribution in [2.45, 2.75) is 0 Å². The van der Waals surface area contributed by atoms with Crippen molar-refractivity contribution < 1.29 is 27.4 Å². The summed E-state index contributed by atoms with van der Waals surface area (Å²) >= 11 is 0. The van der Waals surface area contributed by atoms with Gasteiger partial charge in [0.2, 0.25) is 15.9 Å². The number of anilines is 1. The second kappa shape index (κ2) is 8.87. The average Bonchev–Trinajstić information content (AvgIpc) is 2.65. The van der Waals surface area contributed by atoms with Crippen molar-refractivity contribution in [1.82, 2.24) is 9.21 Å². The number of hydrogen-bond acceptors (Lipinski definition) is 7. The Kier molecular flexibility index (Phi) is 6.53. The molecule has 0 saturated carbocycles. The maximum Gasteiger partial charge on any atom is 0.239 e. The van der Waals surface area contributed by atoms with Crippen LogP contribution in [0.15, 0.2) is 18.2 Å². The predicted octanol–water partition coefficient (Wildman–Crippen LogP) is -0.00990. The van der Waals surface area contributed by atoms with E-state index in [1.165, 1.54) is 4.31 Å². The quantitative estimate of drug-likeness (QED) is 0.689. The highest BCUT2D eigenvalue weighted by Crippen LogP contribution is 2.32. The first kappa shape index (κ1) is 19.9. The fourth-order valence-corrected chi connectivity index (χ4v) is 3.69. The van der Waals surface area contributed by atoms with Crippen LogP contribution in [0, 0.1) is 0 Å². The minimum absolute atomic E-state index is 0.238. The van der Waals surface area contributed by atoms with E-state index in [0.717, 1.165) is 19.3 Å². The molecule has 1 fully saturated rings. The molecule has 0 spiro atoms. The lowest BCUT2D eigenvalue weighted by Gasteiger charge is -2.29. The molecule has 0 atom stereocenters. The topological polar surface area (TPSA) is 97.4 Å². The molecule has 1 amide bonds. The van der Waals surface area contributed by atoms with Gasteiger partial charge < -0.3 is 19.5 Å². The number of rotatable bonds is 7. The molecule has 0 bridgehead atoms. The largest absolute Gasteiger partial charge is 0.486 e. The Balaban J connectivity index is 1.57. The van der Waals surface area contributed by atoms with Crippen LogP contribution >= 0.6 is 0 Å². The number of amides is 1. The third-order valence-corrected chi connectivity index (χ3v) is 5.63. The van der Waals surface area contributed by atoms with E-state index in [4.69, 9.17) is 14.2 Å². The summed E-state index contributed by atoms with van der Waals surface area (Å²) in [5, 5.41) is 2.72. The molecule has 3 rings (SSSR count). The Morgan fingerprint density at radius 1 is 1.15 bits per heavy atom. The van der Waals surface area contributed by atoms with Crippen molar-refractivity contribution in [2.75, 3.05) is 70.7 Å². The van der Waals surface area contributed by atoms with Gasteiger partial charge in [0.05, 0.1) is 26.0 Å². The van der Waals surface area contributed by atoms with Crippen molar-refractivity contribution in [2.24, 2.45) is 0 Å². The summed E-state index contributed by atoms with van der Waals surface area (Å²) in [6, 6.07) is 5.09. The fraction of sp³-hybridized carbons (Fsp3) is 0.588. The van der Waals surface area contributed by atoms with Gasteiger partial charge >= 0.3 is 0 Å². The third-order valence-electron chi connectivity index (χ3n) is 4.38. The molecule has 2 aliphatic rings. The number of carbonyl (C=O) groups is 1. The Bertz CT molecular complexity index is 764. The van der Waals surface area contributed by atoms with Gasteiger partial charge in [0.1, 0.15) is 13.2 Å². The molecule has 1 aromatic rings. The highest BCUT2D eigenvalue weighted by atomic mass is 32.2. The van der Waals surface area contributed by atoms with Crippen LogP contribution < -0.4 is 14.8 Å². The molecule has 1 N–H and O–H groups in total. The average molecular weight is 399 g/mol. The van der Waals surface area contributed by atoms with Gasteiger partial charge in [0.25, 0.3) is 0 Å². The summed E-state index contributed by atoms with van der Waals surface area (Å²) in [6.07, 6.45) is 1.11. The Morgan fingerprint density at radius 3 is 2.56 bits per heavy atom.